The quantitative estimate of drug-likeness (QED) is 0.747. The van der Waals surface area contributed by atoms with Crippen molar-refractivity contribution in [2.24, 2.45) is 11.7 Å². The second-order valence-electron chi connectivity index (χ2n) is 7.48. The van der Waals surface area contributed by atoms with E-state index in [4.69, 9.17) is 10.8 Å². The Bertz CT molecular complexity index is 632. The van der Waals surface area contributed by atoms with Crippen LogP contribution in [-0.2, 0) is 11.2 Å². The number of nitrogens with zero attached hydrogens (tertiary/aromatic N) is 2. The van der Waals surface area contributed by atoms with E-state index in [9.17, 15) is 9.59 Å². The smallest absolute Gasteiger partial charge is 0.324 e. The molecule has 3 rings (SSSR count). The molecule has 3 N–H and O–H groups in total. The third kappa shape index (κ3) is 4.55. The topological polar surface area (TPSA) is 86.9 Å². The van der Waals surface area contributed by atoms with Crippen LogP contribution < -0.4 is 10.6 Å². The van der Waals surface area contributed by atoms with Gasteiger partial charge in [-0.1, -0.05) is 18.6 Å². The van der Waals surface area contributed by atoms with E-state index in [0.717, 1.165) is 43.6 Å². The van der Waals surface area contributed by atoms with Crippen LogP contribution in [0.15, 0.2) is 24.3 Å². The molecule has 2 amide bonds. The van der Waals surface area contributed by atoms with Crippen LogP contribution in [-0.4, -0.2) is 47.7 Å². The minimum absolute atomic E-state index is 0.0685. The van der Waals surface area contributed by atoms with E-state index >= 15 is 0 Å². The van der Waals surface area contributed by atoms with Crippen LogP contribution in [0.1, 0.15) is 44.1 Å². The third-order valence-electron chi connectivity index (χ3n) is 5.69. The standard InChI is InChI=1S/C20H29N3O3/c21-18-5-1-3-16(18)4-2-12-22-13-14-23(20(22)26)17-9-6-15(7-10-17)8-11-19(24)25/h6-7,9-10,16,18H,1-5,8,11-14,21H2,(H,24,25)/t16-,18+/m0/s1. The fourth-order valence-corrected chi connectivity index (χ4v) is 4.09. The van der Waals surface area contributed by atoms with Gasteiger partial charge in [0.15, 0.2) is 0 Å². The predicted octanol–water partition coefficient (Wildman–Crippen LogP) is 2.85. The first-order valence-electron chi connectivity index (χ1n) is 9.67. The molecule has 26 heavy (non-hydrogen) atoms. The summed E-state index contributed by atoms with van der Waals surface area (Å²) in [6.45, 7) is 2.27. The first kappa shape index (κ1) is 18.7. The third-order valence-corrected chi connectivity index (χ3v) is 5.69. The molecule has 0 unspecified atom stereocenters. The molecule has 1 aliphatic heterocycles. The molecule has 2 aliphatic rings. The van der Waals surface area contributed by atoms with E-state index < -0.39 is 5.97 Å². The van der Waals surface area contributed by atoms with Crippen LogP contribution in [0.25, 0.3) is 0 Å². The number of urea groups is 1. The van der Waals surface area contributed by atoms with Gasteiger partial charge >= 0.3 is 12.0 Å². The average Bonchev–Trinajstić information content (AvgIpc) is 3.20. The van der Waals surface area contributed by atoms with Crippen molar-refractivity contribution in [2.75, 3.05) is 24.5 Å². The van der Waals surface area contributed by atoms with Crippen LogP contribution in [0.3, 0.4) is 0 Å². The van der Waals surface area contributed by atoms with Gasteiger partial charge in [0.25, 0.3) is 0 Å². The summed E-state index contributed by atoms with van der Waals surface area (Å²) >= 11 is 0. The van der Waals surface area contributed by atoms with Crippen molar-refractivity contribution in [1.29, 1.82) is 0 Å². The number of carbonyl (C=O) groups is 2. The molecule has 6 heteroatoms. The Morgan fingerprint density at radius 1 is 1.19 bits per heavy atom. The molecule has 1 aromatic rings. The summed E-state index contributed by atoms with van der Waals surface area (Å²) in [6, 6.07) is 8.07. The van der Waals surface area contributed by atoms with Gasteiger partial charge in [-0.2, -0.15) is 0 Å². The average molecular weight is 359 g/mol. The van der Waals surface area contributed by atoms with Gasteiger partial charge in [-0.15, -0.1) is 0 Å². The number of hydrogen-bond acceptors (Lipinski definition) is 3. The van der Waals surface area contributed by atoms with Crippen LogP contribution in [0.5, 0.6) is 0 Å². The van der Waals surface area contributed by atoms with Crippen LogP contribution in [0.4, 0.5) is 10.5 Å². The Morgan fingerprint density at radius 2 is 1.96 bits per heavy atom. The second kappa shape index (κ2) is 8.54. The second-order valence-corrected chi connectivity index (χ2v) is 7.48. The largest absolute Gasteiger partial charge is 0.481 e. The summed E-state index contributed by atoms with van der Waals surface area (Å²) < 4.78 is 0. The number of aliphatic carboxylic acids is 1. The fraction of sp³-hybridized carbons (Fsp3) is 0.600. The normalized spacial score (nSPS) is 23.0. The summed E-state index contributed by atoms with van der Waals surface area (Å²) in [6.07, 6.45) is 6.39. The van der Waals surface area contributed by atoms with E-state index in [1.807, 2.05) is 34.1 Å². The highest BCUT2D eigenvalue weighted by Gasteiger charge is 2.30. The lowest BCUT2D eigenvalue weighted by Gasteiger charge is -2.20. The molecule has 0 aromatic heterocycles. The fourth-order valence-electron chi connectivity index (χ4n) is 4.09. The lowest BCUT2D eigenvalue weighted by molar-refractivity contribution is -0.136. The van der Waals surface area contributed by atoms with Gasteiger partial charge in [-0.05, 0) is 55.7 Å². The number of anilines is 1. The Hall–Kier alpha value is -2.08. The number of carboxylic acids is 1. The van der Waals surface area contributed by atoms with Gasteiger partial charge in [0.2, 0.25) is 0 Å². The molecule has 2 fully saturated rings. The van der Waals surface area contributed by atoms with Gasteiger partial charge in [0, 0.05) is 37.8 Å². The number of carbonyl (C=O) groups excluding carboxylic acids is 1. The summed E-state index contributed by atoms with van der Waals surface area (Å²) in [5.74, 6) is -0.167. The summed E-state index contributed by atoms with van der Waals surface area (Å²) in [4.78, 5) is 27.0. The van der Waals surface area contributed by atoms with E-state index in [2.05, 4.69) is 0 Å². The van der Waals surface area contributed by atoms with E-state index in [0.29, 0.717) is 24.9 Å². The molecule has 0 spiro atoms. The minimum Gasteiger partial charge on any atom is -0.481 e. The van der Waals surface area contributed by atoms with Crippen molar-refractivity contribution in [2.45, 2.75) is 51.0 Å². The molecule has 6 nitrogen and oxygen atoms in total. The molecule has 0 bridgehead atoms. The van der Waals surface area contributed by atoms with Crippen molar-refractivity contribution < 1.29 is 14.7 Å². The first-order chi connectivity index (χ1) is 12.5. The highest BCUT2D eigenvalue weighted by Crippen LogP contribution is 2.28. The number of benzene rings is 1. The first-order valence-corrected chi connectivity index (χ1v) is 9.67. The van der Waals surface area contributed by atoms with Crippen molar-refractivity contribution in [1.82, 2.24) is 4.90 Å². The van der Waals surface area contributed by atoms with Crippen molar-refractivity contribution in [3.05, 3.63) is 29.8 Å². The number of carboxylic acid groups (broad SMARTS) is 1. The van der Waals surface area contributed by atoms with Gasteiger partial charge in [0.1, 0.15) is 0 Å². The van der Waals surface area contributed by atoms with Crippen molar-refractivity contribution in [3.8, 4) is 0 Å². The molecule has 0 radical (unpaired) electrons. The van der Waals surface area contributed by atoms with E-state index in [1.165, 1.54) is 12.8 Å². The maximum atomic E-state index is 12.6. The molecule has 1 saturated carbocycles. The Balaban J connectivity index is 1.48. The maximum absolute atomic E-state index is 12.6. The maximum Gasteiger partial charge on any atom is 0.324 e. The number of aryl methyl sites for hydroxylation is 1. The van der Waals surface area contributed by atoms with Crippen molar-refractivity contribution >= 4 is 17.7 Å². The van der Waals surface area contributed by atoms with Gasteiger partial charge in [-0.25, -0.2) is 4.79 Å². The zero-order valence-electron chi connectivity index (χ0n) is 15.3. The molecule has 142 valence electrons. The monoisotopic (exact) mass is 359 g/mol. The number of rotatable bonds is 8. The van der Waals surface area contributed by atoms with Crippen LogP contribution in [0.2, 0.25) is 0 Å². The Kier molecular flexibility index (Phi) is 6.14. The number of hydrogen-bond donors (Lipinski definition) is 2. The zero-order chi connectivity index (χ0) is 18.5. The molecule has 1 aromatic carbocycles. The minimum atomic E-state index is -0.794. The molecule has 1 aliphatic carbocycles. The molecular formula is C20H29N3O3. The number of nitrogens with two attached hydrogens (primary N) is 1. The summed E-state index contributed by atoms with van der Waals surface area (Å²) in [7, 11) is 0. The Labute approximate surface area is 155 Å². The lowest BCUT2D eigenvalue weighted by Crippen LogP contribution is -2.33. The Morgan fingerprint density at radius 3 is 2.62 bits per heavy atom. The molecular weight excluding hydrogens is 330 g/mol. The summed E-state index contributed by atoms with van der Waals surface area (Å²) in [5.41, 5.74) is 7.99. The zero-order valence-corrected chi connectivity index (χ0v) is 15.3. The van der Waals surface area contributed by atoms with Crippen LogP contribution >= 0.6 is 0 Å². The number of amides is 2. The predicted molar refractivity (Wildman–Crippen MR) is 101 cm³/mol. The van der Waals surface area contributed by atoms with Gasteiger partial charge < -0.3 is 15.7 Å². The highest BCUT2D eigenvalue weighted by atomic mass is 16.4. The van der Waals surface area contributed by atoms with Gasteiger partial charge in [0.05, 0.1) is 0 Å². The van der Waals surface area contributed by atoms with E-state index in [-0.39, 0.29) is 12.5 Å². The highest BCUT2D eigenvalue weighted by molar-refractivity contribution is 5.94. The van der Waals surface area contributed by atoms with E-state index in [1.54, 1.807) is 0 Å². The summed E-state index contributed by atoms with van der Waals surface area (Å²) in [5, 5.41) is 8.76. The lowest BCUT2D eigenvalue weighted by atomic mass is 9.98. The van der Waals surface area contributed by atoms with Crippen molar-refractivity contribution in [3.63, 3.8) is 0 Å². The molecule has 2 atom stereocenters. The molecule has 1 heterocycles. The van der Waals surface area contributed by atoms with Gasteiger partial charge in [-0.3, -0.25) is 9.69 Å². The SMILES string of the molecule is N[C@@H]1CCC[C@H]1CCCN1CCN(c2ccc(CCC(=O)O)cc2)C1=O. The van der Waals surface area contributed by atoms with Crippen LogP contribution in [0, 0.1) is 5.92 Å². The molecule has 1 saturated heterocycles.